The van der Waals surface area contributed by atoms with Gasteiger partial charge in [-0.2, -0.15) is 0 Å². The Balaban J connectivity index is 1.97. The van der Waals surface area contributed by atoms with Crippen LogP contribution in [0.2, 0.25) is 0 Å². The van der Waals surface area contributed by atoms with E-state index < -0.39 is 27.5 Å². The molecule has 1 heterocycles. The zero-order valence-corrected chi connectivity index (χ0v) is 16.3. The van der Waals surface area contributed by atoms with E-state index >= 15 is 0 Å². The number of piperidine rings is 1. The van der Waals surface area contributed by atoms with Gasteiger partial charge in [-0.25, -0.2) is 22.3 Å². The van der Waals surface area contributed by atoms with Gasteiger partial charge in [-0.3, -0.25) is 0 Å². The molecule has 0 bridgehead atoms. The largest absolute Gasteiger partial charge is 0.444 e. The van der Waals surface area contributed by atoms with Gasteiger partial charge in [0, 0.05) is 19.1 Å². The third-order valence-corrected chi connectivity index (χ3v) is 5.36. The van der Waals surface area contributed by atoms with E-state index in [0.717, 1.165) is 12.8 Å². The Kier molecular flexibility index (Phi) is 6.63. The monoisotopic (exact) mass is 386 g/mol. The van der Waals surface area contributed by atoms with Crippen LogP contribution in [0.3, 0.4) is 0 Å². The van der Waals surface area contributed by atoms with Crippen LogP contribution < -0.4 is 4.72 Å². The van der Waals surface area contributed by atoms with Gasteiger partial charge in [-0.1, -0.05) is 12.1 Å². The molecule has 26 heavy (non-hydrogen) atoms. The highest BCUT2D eigenvalue weighted by Gasteiger charge is 2.31. The minimum absolute atomic E-state index is 0.122. The quantitative estimate of drug-likeness (QED) is 0.844. The van der Waals surface area contributed by atoms with Crippen LogP contribution in [-0.4, -0.2) is 44.1 Å². The number of carbonyl (C=O) groups excluding carboxylic acids is 1. The fourth-order valence-electron chi connectivity index (χ4n) is 2.89. The number of hydrogen-bond donors (Lipinski definition) is 1. The molecule has 1 saturated heterocycles. The fourth-order valence-corrected chi connectivity index (χ4v) is 4.06. The Morgan fingerprint density at radius 2 is 2.08 bits per heavy atom. The van der Waals surface area contributed by atoms with E-state index in [2.05, 4.69) is 4.72 Å². The van der Waals surface area contributed by atoms with Crippen molar-refractivity contribution in [1.29, 1.82) is 0 Å². The van der Waals surface area contributed by atoms with Gasteiger partial charge >= 0.3 is 6.09 Å². The number of halogens is 1. The number of likely N-dealkylation sites (tertiary alicyclic amines) is 1. The number of carbonyl (C=O) groups is 1. The number of benzene rings is 1. The molecule has 1 aliphatic rings. The predicted octanol–water partition coefficient (Wildman–Crippen LogP) is 3.03. The second-order valence-electron chi connectivity index (χ2n) is 7.56. The molecule has 0 aromatic heterocycles. The summed E-state index contributed by atoms with van der Waals surface area (Å²) in [6, 6.07) is 5.26. The number of ether oxygens (including phenoxy) is 1. The lowest BCUT2D eigenvalue weighted by molar-refractivity contribution is 0.0105. The number of amides is 1. The molecule has 0 unspecified atom stereocenters. The van der Waals surface area contributed by atoms with Gasteiger partial charge in [0.2, 0.25) is 10.0 Å². The van der Waals surface area contributed by atoms with Crippen molar-refractivity contribution >= 4 is 16.1 Å². The van der Waals surface area contributed by atoms with Crippen LogP contribution in [0.15, 0.2) is 24.3 Å². The summed E-state index contributed by atoms with van der Waals surface area (Å²) in [6.07, 6.45) is 2.08. The molecule has 1 amide bonds. The van der Waals surface area contributed by atoms with E-state index in [0.29, 0.717) is 18.5 Å². The average molecular weight is 386 g/mol. The van der Waals surface area contributed by atoms with E-state index in [1.165, 1.54) is 18.2 Å². The van der Waals surface area contributed by atoms with Crippen molar-refractivity contribution in [2.24, 2.45) is 0 Å². The lowest BCUT2D eigenvalue weighted by Gasteiger charge is -2.36. The van der Waals surface area contributed by atoms with E-state index in [-0.39, 0.29) is 18.3 Å². The molecule has 6 nitrogen and oxygen atoms in total. The molecule has 0 radical (unpaired) electrons. The maximum absolute atomic E-state index is 13.2. The third-order valence-electron chi connectivity index (χ3n) is 4.04. The average Bonchev–Trinajstić information content (AvgIpc) is 2.51. The molecule has 1 aliphatic heterocycles. The highest BCUT2D eigenvalue weighted by atomic mass is 32.2. The molecular formula is C18H27FN2O4S. The molecule has 0 saturated carbocycles. The summed E-state index contributed by atoms with van der Waals surface area (Å²) in [6.45, 7) is 6.06. The second kappa shape index (κ2) is 8.35. The summed E-state index contributed by atoms with van der Waals surface area (Å²) < 4.78 is 45.8. The van der Waals surface area contributed by atoms with Gasteiger partial charge in [0.1, 0.15) is 11.4 Å². The Hall–Kier alpha value is -1.67. The van der Waals surface area contributed by atoms with E-state index in [4.69, 9.17) is 4.74 Å². The highest BCUT2D eigenvalue weighted by molar-refractivity contribution is 7.88. The standard InChI is InChI=1S/C18H27FN2O4S/c1-18(2,3)25-17(22)21-10-5-4-9-16(21)12-20-26(23,24)13-14-7-6-8-15(19)11-14/h6-8,11,16,20H,4-5,9-10,12-13H2,1-3H3/t16-/m0/s1. The zero-order chi connectivity index (χ0) is 19.4. The van der Waals surface area contributed by atoms with Crippen LogP contribution in [0.25, 0.3) is 0 Å². The Morgan fingerprint density at radius 3 is 2.73 bits per heavy atom. The van der Waals surface area contributed by atoms with Crippen molar-refractivity contribution < 1.29 is 22.3 Å². The third kappa shape index (κ3) is 6.57. The van der Waals surface area contributed by atoms with Gasteiger partial charge in [-0.15, -0.1) is 0 Å². The van der Waals surface area contributed by atoms with Crippen LogP contribution in [0.1, 0.15) is 45.6 Å². The smallest absolute Gasteiger partial charge is 0.410 e. The fraction of sp³-hybridized carbons (Fsp3) is 0.611. The van der Waals surface area contributed by atoms with Crippen LogP contribution in [0.4, 0.5) is 9.18 Å². The number of sulfonamides is 1. The first kappa shape index (κ1) is 20.6. The lowest BCUT2D eigenvalue weighted by atomic mass is 10.0. The van der Waals surface area contributed by atoms with Gasteiger partial charge < -0.3 is 9.64 Å². The number of rotatable bonds is 5. The van der Waals surface area contributed by atoms with Gasteiger partial charge in [0.25, 0.3) is 0 Å². The van der Waals surface area contributed by atoms with Gasteiger partial charge in [0.05, 0.1) is 5.75 Å². The van der Waals surface area contributed by atoms with Crippen molar-refractivity contribution in [3.8, 4) is 0 Å². The van der Waals surface area contributed by atoms with Crippen LogP contribution in [0, 0.1) is 5.82 Å². The van der Waals surface area contributed by atoms with Crippen LogP contribution >= 0.6 is 0 Å². The minimum atomic E-state index is -3.63. The van der Waals surface area contributed by atoms with Crippen molar-refractivity contribution in [3.05, 3.63) is 35.6 Å². The predicted molar refractivity (Wildman–Crippen MR) is 97.6 cm³/mol. The van der Waals surface area contributed by atoms with E-state index in [9.17, 15) is 17.6 Å². The summed E-state index contributed by atoms with van der Waals surface area (Å²) in [5, 5.41) is 0. The maximum atomic E-state index is 13.2. The molecule has 2 rings (SSSR count). The summed E-state index contributed by atoms with van der Waals surface area (Å²) in [4.78, 5) is 14.0. The molecule has 1 N–H and O–H groups in total. The number of hydrogen-bond acceptors (Lipinski definition) is 4. The molecule has 1 aromatic carbocycles. The number of nitrogens with one attached hydrogen (secondary N) is 1. The first-order valence-corrected chi connectivity index (χ1v) is 10.4. The van der Waals surface area contributed by atoms with E-state index in [1.807, 2.05) is 0 Å². The Bertz CT molecular complexity index is 731. The number of nitrogens with zero attached hydrogens (tertiary/aromatic N) is 1. The minimum Gasteiger partial charge on any atom is -0.444 e. The van der Waals surface area contributed by atoms with Crippen molar-refractivity contribution in [1.82, 2.24) is 9.62 Å². The zero-order valence-electron chi connectivity index (χ0n) is 15.5. The first-order chi connectivity index (χ1) is 12.1. The molecule has 0 aliphatic carbocycles. The molecule has 0 spiro atoms. The summed E-state index contributed by atoms with van der Waals surface area (Å²) in [5.74, 6) is -0.773. The second-order valence-corrected chi connectivity index (χ2v) is 9.37. The molecule has 1 fully saturated rings. The van der Waals surface area contributed by atoms with Crippen molar-refractivity contribution in [2.75, 3.05) is 13.1 Å². The first-order valence-electron chi connectivity index (χ1n) is 8.77. The normalized spacial score (nSPS) is 18.6. The molecule has 1 atom stereocenters. The van der Waals surface area contributed by atoms with Crippen molar-refractivity contribution in [2.45, 2.75) is 57.4 Å². The lowest BCUT2D eigenvalue weighted by Crippen LogP contribution is -2.50. The van der Waals surface area contributed by atoms with Crippen molar-refractivity contribution in [3.63, 3.8) is 0 Å². The van der Waals surface area contributed by atoms with Crippen LogP contribution in [0.5, 0.6) is 0 Å². The summed E-state index contributed by atoms with van der Waals surface area (Å²) in [5.41, 5.74) is -0.221. The molecular weight excluding hydrogens is 359 g/mol. The summed E-state index contributed by atoms with van der Waals surface area (Å²) in [7, 11) is -3.63. The maximum Gasteiger partial charge on any atom is 0.410 e. The molecule has 146 valence electrons. The summed E-state index contributed by atoms with van der Waals surface area (Å²) >= 11 is 0. The van der Waals surface area contributed by atoms with Crippen LogP contribution in [-0.2, 0) is 20.5 Å². The SMILES string of the molecule is CC(C)(C)OC(=O)N1CCCC[C@H]1CNS(=O)(=O)Cc1cccc(F)c1. The molecule has 8 heteroatoms. The Morgan fingerprint density at radius 1 is 1.35 bits per heavy atom. The molecule has 1 aromatic rings. The Labute approximate surface area is 154 Å². The van der Waals surface area contributed by atoms with E-state index in [1.54, 1.807) is 31.7 Å². The van der Waals surface area contributed by atoms with Gasteiger partial charge in [-0.05, 0) is 57.7 Å². The highest BCUT2D eigenvalue weighted by Crippen LogP contribution is 2.20. The topological polar surface area (TPSA) is 75.7 Å². The van der Waals surface area contributed by atoms with Gasteiger partial charge in [0.15, 0.2) is 0 Å².